The van der Waals surface area contributed by atoms with E-state index in [1.807, 2.05) is 0 Å². The summed E-state index contributed by atoms with van der Waals surface area (Å²) in [6.45, 7) is 0. The summed E-state index contributed by atoms with van der Waals surface area (Å²) in [4.78, 5) is 12.0. The first kappa shape index (κ1) is 14.6. The maximum absolute atomic E-state index is 12.6. The third kappa shape index (κ3) is 2.86. The molecule has 1 aliphatic carbocycles. The summed E-state index contributed by atoms with van der Waals surface area (Å²) < 4.78 is 37.9. The van der Waals surface area contributed by atoms with Gasteiger partial charge in [0.1, 0.15) is 5.69 Å². The Hall–Kier alpha value is -1.79. The number of alkyl halides is 3. The molecule has 0 bridgehead atoms. The molecule has 2 rings (SSSR count). The van der Waals surface area contributed by atoms with Crippen LogP contribution >= 0.6 is 0 Å². The van der Waals surface area contributed by atoms with Crippen molar-refractivity contribution < 1.29 is 18.1 Å². The molecule has 0 aromatic heterocycles. The fourth-order valence-electron chi connectivity index (χ4n) is 2.63. The van der Waals surface area contributed by atoms with E-state index < -0.39 is 22.4 Å². The molecule has 1 fully saturated rings. The lowest BCUT2D eigenvalue weighted by Crippen LogP contribution is -2.29. The molecule has 7 heteroatoms. The standard InChI is InChI=1S/C13H15F3N2O2/c1-17(10-4-2-3-5-10)11-7-6-9(13(14,15)16)8-12(11)18(19)20/h6-8,10H,2-5H2,1H3. The Bertz CT molecular complexity index is 511. The molecular weight excluding hydrogens is 273 g/mol. The molecule has 0 heterocycles. The number of nitro groups is 1. The van der Waals surface area contributed by atoms with Gasteiger partial charge < -0.3 is 4.90 Å². The van der Waals surface area contributed by atoms with Gasteiger partial charge in [-0.2, -0.15) is 13.2 Å². The second kappa shape index (κ2) is 5.30. The number of nitrogens with zero attached hydrogens (tertiary/aromatic N) is 2. The van der Waals surface area contributed by atoms with Crippen molar-refractivity contribution in [2.75, 3.05) is 11.9 Å². The highest BCUT2D eigenvalue weighted by Gasteiger charge is 2.34. The van der Waals surface area contributed by atoms with Gasteiger partial charge in [-0.15, -0.1) is 0 Å². The average molecular weight is 288 g/mol. The molecule has 0 N–H and O–H groups in total. The molecule has 0 radical (unpaired) electrons. The molecule has 1 aromatic carbocycles. The normalized spacial score (nSPS) is 16.4. The fourth-order valence-corrected chi connectivity index (χ4v) is 2.63. The lowest BCUT2D eigenvalue weighted by Gasteiger charge is -2.26. The summed E-state index contributed by atoms with van der Waals surface area (Å²) in [5, 5.41) is 11.0. The van der Waals surface area contributed by atoms with E-state index in [0.29, 0.717) is 6.07 Å². The largest absolute Gasteiger partial charge is 0.416 e. The molecule has 0 atom stereocenters. The monoisotopic (exact) mass is 288 g/mol. The molecule has 20 heavy (non-hydrogen) atoms. The van der Waals surface area contributed by atoms with E-state index in [9.17, 15) is 23.3 Å². The molecule has 1 saturated carbocycles. The number of anilines is 1. The van der Waals surface area contributed by atoms with Crippen LogP contribution in [0.1, 0.15) is 31.2 Å². The Balaban J connectivity index is 2.39. The van der Waals surface area contributed by atoms with E-state index in [1.54, 1.807) is 11.9 Å². The number of benzene rings is 1. The third-order valence-electron chi connectivity index (χ3n) is 3.75. The van der Waals surface area contributed by atoms with Gasteiger partial charge in [-0.25, -0.2) is 0 Å². The second-order valence-electron chi connectivity index (χ2n) is 5.01. The molecule has 0 saturated heterocycles. The van der Waals surface area contributed by atoms with Gasteiger partial charge in [-0.3, -0.25) is 10.1 Å². The highest BCUT2D eigenvalue weighted by Crippen LogP contribution is 2.38. The van der Waals surface area contributed by atoms with E-state index in [2.05, 4.69) is 0 Å². The summed E-state index contributed by atoms with van der Waals surface area (Å²) in [5.74, 6) is 0. The second-order valence-corrected chi connectivity index (χ2v) is 5.01. The predicted octanol–water partition coefficient (Wildman–Crippen LogP) is 3.99. The minimum absolute atomic E-state index is 0.158. The van der Waals surface area contributed by atoms with Gasteiger partial charge in [0.2, 0.25) is 0 Å². The van der Waals surface area contributed by atoms with Gasteiger partial charge in [0, 0.05) is 19.2 Å². The maximum Gasteiger partial charge on any atom is 0.416 e. The van der Waals surface area contributed by atoms with Crippen LogP contribution in [0.15, 0.2) is 18.2 Å². The maximum atomic E-state index is 12.6. The first-order chi connectivity index (χ1) is 9.30. The topological polar surface area (TPSA) is 46.4 Å². The predicted molar refractivity (Wildman–Crippen MR) is 68.8 cm³/mol. The first-order valence-electron chi connectivity index (χ1n) is 6.39. The quantitative estimate of drug-likeness (QED) is 0.624. The Kier molecular flexibility index (Phi) is 3.87. The minimum atomic E-state index is -4.57. The van der Waals surface area contributed by atoms with Crippen LogP contribution in [0.25, 0.3) is 0 Å². The SMILES string of the molecule is CN(c1ccc(C(F)(F)F)cc1[N+](=O)[O-])C1CCCC1. The van der Waals surface area contributed by atoms with Crippen LogP contribution < -0.4 is 4.90 Å². The van der Waals surface area contributed by atoms with E-state index in [-0.39, 0.29) is 11.7 Å². The van der Waals surface area contributed by atoms with Gasteiger partial charge in [-0.05, 0) is 25.0 Å². The van der Waals surface area contributed by atoms with Crippen molar-refractivity contribution in [3.63, 3.8) is 0 Å². The zero-order chi connectivity index (χ0) is 14.9. The number of hydrogen-bond donors (Lipinski definition) is 0. The summed E-state index contributed by atoms with van der Waals surface area (Å²) in [5.41, 5.74) is -1.24. The molecule has 0 spiro atoms. The number of halogens is 3. The van der Waals surface area contributed by atoms with Crippen LogP contribution in [-0.4, -0.2) is 18.0 Å². The van der Waals surface area contributed by atoms with Gasteiger partial charge in [-0.1, -0.05) is 12.8 Å². The van der Waals surface area contributed by atoms with Gasteiger partial charge in [0.05, 0.1) is 10.5 Å². The molecule has 110 valence electrons. The number of hydrogen-bond acceptors (Lipinski definition) is 3. The Morgan fingerprint density at radius 2 is 1.90 bits per heavy atom. The lowest BCUT2D eigenvalue weighted by molar-refractivity contribution is -0.384. The van der Waals surface area contributed by atoms with E-state index in [4.69, 9.17) is 0 Å². The zero-order valence-corrected chi connectivity index (χ0v) is 11.0. The fraction of sp³-hybridized carbons (Fsp3) is 0.538. The summed E-state index contributed by atoms with van der Waals surface area (Å²) >= 11 is 0. The number of nitro benzene ring substituents is 1. The van der Waals surface area contributed by atoms with Crippen LogP contribution in [0.5, 0.6) is 0 Å². The van der Waals surface area contributed by atoms with Gasteiger partial charge in [0.25, 0.3) is 5.69 Å². The summed E-state index contributed by atoms with van der Waals surface area (Å²) in [6.07, 6.45) is -0.661. The zero-order valence-electron chi connectivity index (χ0n) is 11.0. The Morgan fingerprint density at radius 1 is 1.30 bits per heavy atom. The van der Waals surface area contributed by atoms with Crippen LogP contribution in [0.3, 0.4) is 0 Å². The highest BCUT2D eigenvalue weighted by atomic mass is 19.4. The first-order valence-corrected chi connectivity index (χ1v) is 6.39. The van der Waals surface area contributed by atoms with E-state index in [1.165, 1.54) is 6.07 Å². The Labute approximate surface area is 114 Å². The van der Waals surface area contributed by atoms with Crippen molar-refractivity contribution in [2.24, 2.45) is 0 Å². The summed E-state index contributed by atoms with van der Waals surface area (Å²) in [7, 11) is 1.70. The lowest BCUT2D eigenvalue weighted by atomic mass is 10.1. The molecule has 1 aromatic rings. The third-order valence-corrected chi connectivity index (χ3v) is 3.75. The van der Waals surface area contributed by atoms with Crippen LogP contribution in [0.2, 0.25) is 0 Å². The number of rotatable bonds is 3. The van der Waals surface area contributed by atoms with Crippen molar-refractivity contribution in [3.05, 3.63) is 33.9 Å². The molecule has 0 aliphatic heterocycles. The van der Waals surface area contributed by atoms with E-state index in [0.717, 1.165) is 31.7 Å². The van der Waals surface area contributed by atoms with Gasteiger partial charge >= 0.3 is 6.18 Å². The van der Waals surface area contributed by atoms with Gasteiger partial charge in [0.15, 0.2) is 0 Å². The summed E-state index contributed by atoms with van der Waals surface area (Å²) in [6, 6.07) is 2.86. The molecule has 1 aliphatic rings. The minimum Gasteiger partial charge on any atom is -0.366 e. The highest BCUT2D eigenvalue weighted by molar-refractivity contribution is 5.64. The van der Waals surface area contributed by atoms with Crippen molar-refractivity contribution in [3.8, 4) is 0 Å². The van der Waals surface area contributed by atoms with E-state index >= 15 is 0 Å². The van der Waals surface area contributed by atoms with Crippen LogP contribution in [0.4, 0.5) is 24.5 Å². The average Bonchev–Trinajstić information content (AvgIpc) is 2.89. The van der Waals surface area contributed by atoms with Crippen molar-refractivity contribution in [1.29, 1.82) is 0 Å². The molecule has 4 nitrogen and oxygen atoms in total. The molecular formula is C13H15F3N2O2. The van der Waals surface area contributed by atoms with Crippen molar-refractivity contribution >= 4 is 11.4 Å². The van der Waals surface area contributed by atoms with Crippen LogP contribution in [-0.2, 0) is 6.18 Å². The Morgan fingerprint density at radius 3 is 2.40 bits per heavy atom. The van der Waals surface area contributed by atoms with Crippen molar-refractivity contribution in [2.45, 2.75) is 37.9 Å². The van der Waals surface area contributed by atoms with Crippen LogP contribution in [0, 0.1) is 10.1 Å². The van der Waals surface area contributed by atoms with Crippen molar-refractivity contribution in [1.82, 2.24) is 0 Å². The molecule has 0 unspecified atom stereocenters. The molecule has 0 amide bonds. The smallest absolute Gasteiger partial charge is 0.366 e.